The van der Waals surface area contributed by atoms with E-state index in [1.54, 1.807) is 6.07 Å². The fourth-order valence-corrected chi connectivity index (χ4v) is 10.3. The Morgan fingerprint density at radius 3 is 1.04 bits per heavy atom. The van der Waals surface area contributed by atoms with Gasteiger partial charge in [-0.2, -0.15) is 10.5 Å². The van der Waals surface area contributed by atoms with Crippen LogP contribution in [-0.2, 0) is 21.7 Å². The van der Waals surface area contributed by atoms with Gasteiger partial charge in [0.05, 0.1) is 44.6 Å². The molecule has 10 aromatic rings. The molecule has 3 heterocycles. The van der Waals surface area contributed by atoms with E-state index in [-0.39, 0.29) is 21.7 Å². The third kappa shape index (κ3) is 7.75. The highest BCUT2D eigenvalue weighted by Crippen LogP contribution is 2.47. The molecule has 7 aromatic carbocycles. The fourth-order valence-electron chi connectivity index (χ4n) is 10.3. The molecule has 0 aliphatic carbocycles. The van der Waals surface area contributed by atoms with E-state index in [1.807, 2.05) is 24.5 Å². The first-order valence-electron chi connectivity index (χ1n) is 24.5. The lowest BCUT2D eigenvalue weighted by Gasteiger charge is -2.22. The number of para-hydroxylation sites is 2. The van der Waals surface area contributed by atoms with Crippen LogP contribution in [0.25, 0.3) is 88.4 Å². The van der Waals surface area contributed by atoms with Gasteiger partial charge in [0.2, 0.25) is 0 Å². The van der Waals surface area contributed by atoms with Gasteiger partial charge in [-0.15, -0.1) is 0 Å². The first-order chi connectivity index (χ1) is 33.2. The van der Waals surface area contributed by atoms with Crippen LogP contribution in [-0.4, -0.2) is 14.1 Å². The van der Waals surface area contributed by atoms with Crippen molar-refractivity contribution in [1.82, 2.24) is 14.1 Å². The van der Waals surface area contributed by atoms with Crippen molar-refractivity contribution in [3.05, 3.63) is 185 Å². The lowest BCUT2D eigenvalue weighted by Crippen LogP contribution is -2.10. The summed E-state index contributed by atoms with van der Waals surface area (Å²) in [6.07, 6.45) is 3.94. The summed E-state index contributed by atoms with van der Waals surface area (Å²) >= 11 is 0. The molecule has 0 atom stereocenters. The van der Waals surface area contributed by atoms with E-state index in [4.69, 9.17) is 4.98 Å². The Labute approximate surface area is 413 Å². The van der Waals surface area contributed by atoms with Crippen molar-refractivity contribution < 1.29 is 0 Å². The number of nitrogens with zero attached hydrogens (tertiary/aromatic N) is 5. The highest BCUT2D eigenvalue weighted by molar-refractivity contribution is 6.12. The molecule has 0 radical (unpaired) electrons. The predicted molar refractivity (Wildman–Crippen MR) is 293 cm³/mol. The average Bonchev–Trinajstić information content (AvgIpc) is 3.83. The first kappa shape index (κ1) is 46.0. The molecule has 70 heavy (non-hydrogen) atoms. The second-order valence-electron chi connectivity index (χ2n) is 23.2. The molecule has 0 N–H and O–H groups in total. The van der Waals surface area contributed by atoms with Crippen LogP contribution >= 0.6 is 0 Å². The van der Waals surface area contributed by atoms with Crippen molar-refractivity contribution in [3.63, 3.8) is 0 Å². The van der Waals surface area contributed by atoms with Gasteiger partial charge in [-0.05, 0) is 122 Å². The van der Waals surface area contributed by atoms with Gasteiger partial charge in [-0.25, -0.2) is 0 Å². The van der Waals surface area contributed by atoms with Crippen molar-refractivity contribution in [3.8, 4) is 56.9 Å². The van der Waals surface area contributed by atoms with E-state index in [2.05, 4.69) is 226 Å². The zero-order chi connectivity index (χ0) is 49.7. The summed E-state index contributed by atoms with van der Waals surface area (Å²) in [6, 6.07) is 55.3. The van der Waals surface area contributed by atoms with Crippen LogP contribution in [0.15, 0.2) is 152 Å². The molecule has 0 saturated carbocycles. The van der Waals surface area contributed by atoms with E-state index < -0.39 is 0 Å². The molecule has 3 aromatic heterocycles. The molecule has 0 unspecified atom stereocenters. The zero-order valence-electron chi connectivity index (χ0n) is 42.7. The molecule has 5 nitrogen and oxygen atoms in total. The molecule has 0 fully saturated rings. The first-order valence-corrected chi connectivity index (χ1v) is 24.5. The number of rotatable bonds is 5. The molecule has 0 amide bonds. The minimum atomic E-state index is -0.0349. The molecule has 0 aliphatic heterocycles. The maximum atomic E-state index is 10.5. The Balaban J connectivity index is 1.29. The van der Waals surface area contributed by atoms with Gasteiger partial charge in [0.15, 0.2) is 0 Å². The van der Waals surface area contributed by atoms with Gasteiger partial charge in [-0.1, -0.05) is 150 Å². The Hall–Kier alpha value is -7.73. The number of nitriles is 2. The van der Waals surface area contributed by atoms with Crippen LogP contribution < -0.4 is 0 Å². The van der Waals surface area contributed by atoms with Crippen molar-refractivity contribution in [2.45, 2.75) is 105 Å². The van der Waals surface area contributed by atoms with Crippen LogP contribution in [0, 0.1) is 22.7 Å². The Morgan fingerprint density at radius 2 is 0.714 bits per heavy atom. The molecule has 5 heteroatoms. The standard InChI is InChI=1S/C65H61N5/c1-62(2,3)43-23-27-57-49(32-43)50-33-44(63(4,5)6)24-28-58(50)69(57)55-19-15-13-17-47(55)53-38-68-39-54(61(53)40-21-22-41(36-66)42(31-40)37-67)48-18-14-16-20-56(48)70-59-29-25-45(64(7,8)9)34-51(59)52-35-46(65(10,11)12)26-30-60(52)70/h13-35,38-39H,1-12H3. The second-order valence-corrected chi connectivity index (χ2v) is 23.2. The number of hydrogen-bond acceptors (Lipinski definition) is 3. The molecule has 0 aliphatic rings. The third-order valence-corrected chi connectivity index (χ3v) is 14.4. The van der Waals surface area contributed by atoms with Crippen LogP contribution in [0.4, 0.5) is 0 Å². The summed E-state index contributed by atoms with van der Waals surface area (Å²) in [4.78, 5) is 5.11. The monoisotopic (exact) mass is 911 g/mol. The predicted octanol–water partition coefficient (Wildman–Crippen LogP) is 17.2. The van der Waals surface area contributed by atoms with E-state index in [0.717, 1.165) is 66.8 Å². The Kier molecular flexibility index (Phi) is 10.8. The smallest absolute Gasteiger partial charge is 0.101 e. The van der Waals surface area contributed by atoms with Crippen LogP contribution in [0.5, 0.6) is 0 Å². The van der Waals surface area contributed by atoms with Crippen molar-refractivity contribution in [2.24, 2.45) is 0 Å². The molecular formula is C65H61N5. The molecule has 0 bridgehead atoms. The molecular weight excluding hydrogens is 851 g/mol. The molecule has 0 saturated heterocycles. The van der Waals surface area contributed by atoms with Gasteiger partial charge in [0, 0.05) is 61.8 Å². The van der Waals surface area contributed by atoms with Crippen LogP contribution in [0.3, 0.4) is 0 Å². The van der Waals surface area contributed by atoms with Crippen LogP contribution in [0.1, 0.15) is 116 Å². The summed E-state index contributed by atoms with van der Waals surface area (Å²) < 4.78 is 4.83. The maximum absolute atomic E-state index is 10.5. The molecule has 0 spiro atoms. The quantitative estimate of drug-likeness (QED) is 0.173. The van der Waals surface area contributed by atoms with Gasteiger partial charge in [0.1, 0.15) is 12.1 Å². The van der Waals surface area contributed by atoms with E-state index in [9.17, 15) is 10.5 Å². The largest absolute Gasteiger partial charge is 0.309 e. The number of pyridine rings is 1. The van der Waals surface area contributed by atoms with Crippen molar-refractivity contribution in [2.75, 3.05) is 0 Å². The normalized spacial score (nSPS) is 12.5. The number of hydrogen-bond donors (Lipinski definition) is 0. The number of fused-ring (bicyclic) bond motifs is 6. The number of aromatic nitrogens is 3. The van der Waals surface area contributed by atoms with Gasteiger partial charge in [0.25, 0.3) is 0 Å². The van der Waals surface area contributed by atoms with Crippen molar-refractivity contribution >= 4 is 43.6 Å². The average molecular weight is 912 g/mol. The minimum absolute atomic E-state index is 0.0349. The van der Waals surface area contributed by atoms with E-state index in [1.165, 1.54) is 43.8 Å². The van der Waals surface area contributed by atoms with Gasteiger partial charge >= 0.3 is 0 Å². The van der Waals surface area contributed by atoms with E-state index in [0.29, 0.717) is 11.1 Å². The van der Waals surface area contributed by atoms with Gasteiger partial charge < -0.3 is 9.13 Å². The maximum Gasteiger partial charge on any atom is 0.101 e. The van der Waals surface area contributed by atoms with Crippen molar-refractivity contribution in [1.29, 1.82) is 10.5 Å². The Bertz CT molecular complexity index is 3480. The lowest BCUT2D eigenvalue weighted by molar-refractivity contribution is 0.590. The highest BCUT2D eigenvalue weighted by Gasteiger charge is 2.27. The lowest BCUT2D eigenvalue weighted by atomic mass is 9.85. The number of benzene rings is 7. The van der Waals surface area contributed by atoms with Gasteiger partial charge in [-0.3, -0.25) is 4.98 Å². The molecule has 10 rings (SSSR count). The third-order valence-electron chi connectivity index (χ3n) is 14.4. The second kappa shape index (κ2) is 16.5. The molecule has 346 valence electrons. The summed E-state index contributed by atoms with van der Waals surface area (Å²) in [6.45, 7) is 27.3. The van der Waals surface area contributed by atoms with Crippen LogP contribution in [0.2, 0.25) is 0 Å². The zero-order valence-corrected chi connectivity index (χ0v) is 42.7. The van der Waals surface area contributed by atoms with E-state index >= 15 is 0 Å². The minimum Gasteiger partial charge on any atom is -0.309 e. The SMILES string of the molecule is CC(C)(C)c1ccc2c(c1)c1cc(C(C)(C)C)ccc1n2-c1ccccc1-c1cncc(-c2ccccc2-n2c3ccc(C(C)(C)C)cc3c3cc(C(C)(C)C)ccc32)c1-c1ccc(C#N)c(C#N)c1. The topological polar surface area (TPSA) is 70.3 Å². The highest BCUT2D eigenvalue weighted by atomic mass is 15.0. The fraction of sp³-hybridized carbons (Fsp3) is 0.246. The summed E-state index contributed by atoms with van der Waals surface area (Å²) in [5.74, 6) is 0. The Morgan fingerprint density at radius 1 is 0.371 bits per heavy atom. The summed E-state index contributed by atoms with van der Waals surface area (Å²) in [5.41, 5.74) is 17.8. The summed E-state index contributed by atoms with van der Waals surface area (Å²) in [7, 11) is 0. The summed E-state index contributed by atoms with van der Waals surface area (Å²) in [5, 5.41) is 25.5.